The van der Waals surface area contributed by atoms with Crippen molar-refractivity contribution in [2.24, 2.45) is 5.16 Å². The summed E-state index contributed by atoms with van der Waals surface area (Å²) in [5, 5.41) is 6.82. The molecule has 0 aliphatic heterocycles. The zero-order valence-corrected chi connectivity index (χ0v) is 9.80. The Morgan fingerprint density at radius 1 is 1.39 bits per heavy atom. The van der Waals surface area contributed by atoms with Gasteiger partial charge >= 0.3 is 0 Å². The van der Waals surface area contributed by atoms with Crippen LogP contribution in [0.2, 0.25) is 0 Å². The number of hydrogen-bond acceptors (Lipinski definition) is 4. The maximum atomic E-state index is 12.0. The molecule has 1 amide bonds. The fourth-order valence-corrected chi connectivity index (χ4v) is 1.66. The number of fused-ring (bicyclic) bond motifs is 1. The van der Waals surface area contributed by atoms with Gasteiger partial charge in [0, 0.05) is 18.3 Å². The molecule has 18 heavy (non-hydrogen) atoms. The summed E-state index contributed by atoms with van der Waals surface area (Å²) in [6, 6.07) is 9.21. The van der Waals surface area contributed by atoms with Gasteiger partial charge in [-0.3, -0.25) is 9.78 Å². The van der Waals surface area contributed by atoms with Crippen molar-refractivity contribution in [3.05, 3.63) is 42.1 Å². The van der Waals surface area contributed by atoms with E-state index >= 15 is 0 Å². The molecule has 0 fully saturated rings. The van der Waals surface area contributed by atoms with Crippen molar-refractivity contribution in [2.45, 2.75) is 0 Å². The van der Waals surface area contributed by atoms with Crippen molar-refractivity contribution in [3.63, 3.8) is 0 Å². The average Bonchev–Trinajstić information content (AvgIpc) is 2.43. The van der Waals surface area contributed by atoms with E-state index in [9.17, 15) is 4.79 Å². The zero-order valence-electron chi connectivity index (χ0n) is 9.80. The van der Waals surface area contributed by atoms with E-state index in [0.717, 1.165) is 10.9 Å². The van der Waals surface area contributed by atoms with Gasteiger partial charge in [-0.1, -0.05) is 18.2 Å². The summed E-state index contributed by atoms with van der Waals surface area (Å²) in [4.78, 5) is 20.9. The number of carbonyl (C=O) groups is 1. The van der Waals surface area contributed by atoms with Gasteiger partial charge in [-0.15, -0.1) is 5.16 Å². The molecule has 1 aromatic carbocycles. The van der Waals surface area contributed by atoms with E-state index in [-0.39, 0.29) is 5.91 Å². The number of amides is 1. The van der Waals surface area contributed by atoms with Gasteiger partial charge in [-0.25, -0.2) is 0 Å². The lowest BCUT2D eigenvalue weighted by atomic mass is 10.1. The molecule has 92 valence electrons. The quantitative estimate of drug-likeness (QED) is 0.493. The van der Waals surface area contributed by atoms with Gasteiger partial charge < -0.3 is 10.2 Å². The number of pyridine rings is 1. The smallest absolute Gasteiger partial charge is 0.252 e. The first-order valence-electron chi connectivity index (χ1n) is 5.53. The first-order chi connectivity index (χ1) is 8.83. The highest BCUT2D eigenvalue weighted by Crippen LogP contribution is 2.15. The molecule has 0 saturated carbocycles. The van der Waals surface area contributed by atoms with Crippen molar-refractivity contribution >= 4 is 23.5 Å². The number of carbonyl (C=O) groups excluding carboxylic acids is 1. The first-order valence-corrected chi connectivity index (χ1v) is 5.53. The molecule has 1 N–H and O–H groups in total. The molecule has 0 spiro atoms. The highest BCUT2D eigenvalue weighted by Gasteiger charge is 2.09. The van der Waals surface area contributed by atoms with E-state index in [0.29, 0.717) is 18.7 Å². The van der Waals surface area contributed by atoms with E-state index in [1.54, 1.807) is 12.3 Å². The minimum absolute atomic E-state index is 0.152. The molecular formula is C13H13N3O2. The molecule has 5 nitrogen and oxygen atoms in total. The number of rotatable bonds is 5. The molecule has 2 rings (SSSR count). The maximum Gasteiger partial charge on any atom is 0.252 e. The Bertz CT molecular complexity index is 564. The third-order valence-electron chi connectivity index (χ3n) is 2.46. The zero-order chi connectivity index (χ0) is 12.8. The molecule has 0 radical (unpaired) electrons. The minimum Gasteiger partial charge on any atom is -0.394 e. The van der Waals surface area contributed by atoms with Crippen LogP contribution < -0.4 is 5.32 Å². The summed E-state index contributed by atoms with van der Waals surface area (Å²) in [5.74, 6) is -0.152. The number of hydrogen-bond donors (Lipinski definition) is 1. The van der Waals surface area contributed by atoms with Gasteiger partial charge in [0.2, 0.25) is 0 Å². The molecule has 0 saturated heterocycles. The lowest BCUT2D eigenvalue weighted by Crippen LogP contribution is -2.27. The molecular weight excluding hydrogens is 230 g/mol. The van der Waals surface area contributed by atoms with Gasteiger partial charge in [0.15, 0.2) is 0 Å². The van der Waals surface area contributed by atoms with Crippen LogP contribution in [-0.4, -0.2) is 30.8 Å². The Hall–Kier alpha value is -2.43. The number of nitrogens with one attached hydrogen (secondary N) is 1. The molecule has 0 aliphatic rings. The van der Waals surface area contributed by atoms with Gasteiger partial charge in [-0.05, 0) is 12.1 Å². The topological polar surface area (TPSA) is 63.6 Å². The normalized spacial score (nSPS) is 10.0. The third kappa shape index (κ3) is 2.63. The number of para-hydroxylation sites is 1. The van der Waals surface area contributed by atoms with Crippen LogP contribution in [0.4, 0.5) is 0 Å². The highest BCUT2D eigenvalue weighted by molar-refractivity contribution is 6.05. The Morgan fingerprint density at radius 2 is 2.22 bits per heavy atom. The lowest BCUT2D eigenvalue weighted by Gasteiger charge is -2.06. The van der Waals surface area contributed by atoms with Crippen LogP contribution in [0.3, 0.4) is 0 Å². The number of nitrogens with zero attached hydrogens (tertiary/aromatic N) is 2. The average molecular weight is 243 g/mol. The van der Waals surface area contributed by atoms with Crippen LogP contribution in [-0.2, 0) is 4.84 Å². The SMILES string of the molecule is C=NOCCNC(=O)c1ccnc2ccccc12. The van der Waals surface area contributed by atoms with Crippen molar-refractivity contribution in [3.8, 4) is 0 Å². The van der Waals surface area contributed by atoms with Gasteiger partial charge in [0.05, 0.1) is 17.6 Å². The number of benzene rings is 1. The molecule has 0 bridgehead atoms. The van der Waals surface area contributed by atoms with Crippen molar-refractivity contribution in [2.75, 3.05) is 13.2 Å². The fraction of sp³-hybridized carbons (Fsp3) is 0.154. The number of aromatic nitrogens is 1. The fourth-order valence-electron chi connectivity index (χ4n) is 1.66. The van der Waals surface area contributed by atoms with Crippen LogP contribution in [0, 0.1) is 0 Å². The van der Waals surface area contributed by atoms with Crippen LogP contribution in [0.25, 0.3) is 10.9 Å². The molecule has 5 heteroatoms. The molecule has 2 aromatic rings. The summed E-state index contributed by atoms with van der Waals surface area (Å²) in [6.45, 7) is 3.87. The van der Waals surface area contributed by atoms with E-state index < -0.39 is 0 Å². The van der Waals surface area contributed by atoms with Crippen LogP contribution in [0.1, 0.15) is 10.4 Å². The summed E-state index contributed by atoms with van der Waals surface area (Å²) < 4.78 is 0. The summed E-state index contributed by atoms with van der Waals surface area (Å²) in [7, 11) is 0. The Kier molecular flexibility index (Phi) is 3.86. The predicted molar refractivity (Wildman–Crippen MR) is 69.6 cm³/mol. The second-order valence-corrected chi connectivity index (χ2v) is 3.59. The first kappa shape index (κ1) is 12.0. The van der Waals surface area contributed by atoms with E-state index in [2.05, 4.69) is 22.2 Å². The number of oxime groups is 1. The molecule has 1 heterocycles. The third-order valence-corrected chi connectivity index (χ3v) is 2.46. The Labute approximate surface area is 104 Å². The highest BCUT2D eigenvalue weighted by atomic mass is 16.6. The van der Waals surface area contributed by atoms with E-state index in [4.69, 9.17) is 4.84 Å². The van der Waals surface area contributed by atoms with Crippen molar-refractivity contribution in [1.29, 1.82) is 0 Å². The second kappa shape index (κ2) is 5.77. The standard InChI is InChI=1S/C13H13N3O2/c1-14-18-9-8-16-13(17)11-6-7-15-12-5-3-2-4-10(11)12/h2-7H,1,8-9H2,(H,16,17). The minimum atomic E-state index is -0.152. The Morgan fingerprint density at radius 3 is 3.06 bits per heavy atom. The summed E-state index contributed by atoms with van der Waals surface area (Å²) in [6.07, 6.45) is 1.62. The monoisotopic (exact) mass is 243 g/mol. The van der Waals surface area contributed by atoms with Crippen molar-refractivity contribution in [1.82, 2.24) is 10.3 Å². The van der Waals surface area contributed by atoms with Crippen LogP contribution in [0.5, 0.6) is 0 Å². The Balaban J connectivity index is 2.15. The molecule has 1 aromatic heterocycles. The molecule has 0 aliphatic carbocycles. The predicted octanol–water partition coefficient (Wildman–Crippen LogP) is 1.60. The largest absolute Gasteiger partial charge is 0.394 e. The van der Waals surface area contributed by atoms with E-state index in [1.165, 1.54) is 0 Å². The second-order valence-electron chi connectivity index (χ2n) is 3.59. The van der Waals surface area contributed by atoms with Gasteiger partial charge in [0.25, 0.3) is 5.91 Å². The van der Waals surface area contributed by atoms with Gasteiger partial charge in [0.1, 0.15) is 6.61 Å². The van der Waals surface area contributed by atoms with E-state index in [1.807, 2.05) is 24.3 Å². The summed E-state index contributed by atoms with van der Waals surface area (Å²) >= 11 is 0. The maximum absolute atomic E-state index is 12.0. The van der Waals surface area contributed by atoms with Crippen molar-refractivity contribution < 1.29 is 9.63 Å². The molecule has 0 atom stereocenters. The lowest BCUT2D eigenvalue weighted by molar-refractivity contribution is 0.0923. The summed E-state index contributed by atoms with van der Waals surface area (Å²) in [5.41, 5.74) is 1.40. The molecule has 0 unspecified atom stereocenters. The van der Waals surface area contributed by atoms with Crippen LogP contribution in [0.15, 0.2) is 41.7 Å². The van der Waals surface area contributed by atoms with Crippen LogP contribution >= 0.6 is 0 Å². The van der Waals surface area contributed by atoms with Gasteiger partial charge in [-0.2, -0.15) is 0 Å².